The van der Waals surface area contributed by atoms with E-state index in [1.54, 1.807) is 7.11 Å². The molecule has 0 unspecified atom stereocenters. The lowest BCUT2D eigenvalue weighted by atomic mass is 10.3. The van der Waals surface area contributed by atoms with Gasteiger partial charge in [-0.05, 0) is 19.1 Å². The molecule has 0 radical (unpaired) electrons. The minimum Gasteiger partial charge on any atom is -0.497 e. The number of hydrogen-bond acceptors (Lipinski definition) is 3. The van der Waals surface area contributed by atoms with Crippen molar-refractivity contribution in [3.05, 3.63) is 24.0 Å². The lowest BCUT2D eigenvalue weighted by Gasteiger charge is -1.99. The molecule has 18 heavy (non-hydrogen) atoms. The topological polar surface area (TPSA) is 64.3 Å². The number of ether oxygens (including phenoxy) is 1. The van der Waals surface area contributed by atoms with Crippen LogP contribution in [-0.2, 0) is 19.6 Å². The Hall–Kier alpha value is -1.59. The number of benzene rings is 1. The number of methoxy groups -OCH3 is 1. The van der Waals surface area contributed by atoms with Crippen LogP contribution in [0, 0.1) is 0 Å². The molecule has 0 amide bonds. The average Bonchev–Trinajstić information content (AvgIpc) is 2.71. The Bertz CT molecular complexity index is 549. The Labute approximate surface area is 106 Å². The van der Waals surface area contributed by atoms with E-state index in [-0.39, 0.29) is 6.61 Å². The van der Waals surface area contributed by atoms with Crippen molar-refractivity contribution < 1.29 is 14.4 Å². The van der Waals surface area contributed by atoms with Crippen LogP contribution in [0.15, 0.2) is 18.2 Å². The first-order valence-corrected chi connectivity index (χ1v) is 6.16. The van der Waals surface area contributed by atoms with E-state index in [1.165, 1.54) is 0 Å². The van der Waals surface area contributed by atoms with Crippen LogP contribution in [0.5, 0.6) is 5.75 Å². The zero-order valence-electron chi connectivity index (χ0n) is 10.9. The zero-order valence-corrected chi connectivity index (χ0v) is 10.9. The Morgan fingerprint density at radius 2 is 2.22 bits per heavy atom. The quantitative estimate of drug-likeness (QED) is 0.755. The molecule has 1 aromatic carbocycles. The van der Waals surface area contributed by atoms with E-state index >= 15 is 0 Å². The fourth-order valence-corrected chi connectivity index (χ4v) is 2.42. The molecule has 0 aliphatic rings. The standard InChI is InChI=1S/C13H20N3O2/c1-3-15-12-8-10(18-2)4-5-11(12)16(6-7-17)13(15)9-14/h4-5,8,17H,3,6-7,9,14H2,1-2H3/q+1. The van der Waals surface area contributed by atoms with Crippen LogP contribution >= 0.6 is 0 Å². The molecular weight excluding hydrogens is 230 g/mol. The molecule has 5 heteroatoms. The fourth-order valence-electron chi connectivity index (χ4n) is 2.42. The molecule has 0 aliphatic carbocycles. The average molecular weight is 250 g/mol. The van der Waals surface area contributed by atoms with Crippen LogP contribution in [0.3, 0.4) is 0 Å². The molecule has 0 atom stereocenters. The molecule has 1 heterocycles. The van der Waals surface area contributed by atoms with Crippen LogP contribution < -0.4 is 15.0 Å². The van der Waals surface area contributed by atoms with Gasteiger partial charge in [-0.2, -0.15) is 0 Å². The largest absolute Gasteiger partial charge is 0.497 e. The number of nitrogens with two attached hydrogens (primary N) is 1. The van der Waals surface area contributed by atoms with Crippen molar-refractivity contribution >= 4 is 11.0 Å². The third kappa shape index (κ3) is 1.95. The summed E-state index contributed by atoms with van der Waals surface area (Å²) in [5.74, 6) is 1.85. The highest BCUT2D eigenvalue weighted by molar-refractivity contribution is 5.74. The third-order valence-corrected chi connectivity index (χ3v) is 3.21. The summed E-state index contributed by atoms with van der Waals surface area (Å²) >= 11 is 0. The molecule has 1 aromatic heterocycles. The van der Waals surface area contributed by atoms with Crippen LogP contribution in [0.1, 0.15) is 12.7 Å². The smallest absolute Gasteiger partial charge is 0.271 e. The van der Waals surface area contributed by atoms with Crippen molar-refractivity contribution in [2.24, 2.45) is 5.73 Å². The number of imidazole rings is 1. The van der Waals surface area contributed by atoms with Crippen molar-refractivity contribution in [1.29, 1.82) is 0 Å². The molecule has 2 aromatic rings. The maximum atomic E-state index is 9.19. The van der Waals surface area contributed by atoms with Gasteiger partial charge in [0.25, 0.3) is 5.82 Å². The van der Waals surface area contributed by atoms with E-state index in [0.29, 0.717) is 13.1 Å². The molecule has 2 rings (SSSR count). The molecule has 0 saturated carbocycles. The van der Waals surface area contributed by atoms with Gasteiger partial charge in [0.05, 0.1) is 26.8 Å². The van der Waals surface area contributed by atoms with Gasteiger partial charge in [0.2, 0.25) is 0 Å². The fraction of sp³-hybridized carbons (Fsp3) is 0.462. The Morgan fingerprint density at radius 1 is 1.44 bits per heavy atom. The van der Waals surface area contributed by atoms with E-state index in [9.17, 15) is 5.11 Å². The van der Waals surface area contributed by atoms with Crippen LogP contribution in [-0.4, -0.2) is 23.4 Å². The van der Waals surface area contributed by atoms with Crippen molar-refractivity contribution in [2.75, 3.05) is 13.7 Å². The van der Waals surface area contributed by atoms with Gasteiger partial charge >= 0.3 is 0 Å². The van der Waals surface area contributed by atoms with Crippen LogP contribution in [0.2, 0.25) is 0 Å². The van der Waals surface area contributed by atoms with Gasteiger partial charge in [-0.25, -0.2) is 9.13 Å². The predicted molar refractivity (Wildman–Crippen MR) is 69.3 cm³/mol. The van der Waals surface area contributed by atoms with Gasteiger partial charge in [0.1, 0.15) is 12.3 Å². The molecule has 3 N–H and O–H groups in total. The molecule has 0 aliphatic heterocycles. The number of aryl methyl sites for hydroxylation is 1. The number of aliphatic hydroxyl groups excluding tert-OH is 1. The third-order valence-electron chi connectivity index (χ3n) is 3.21. The maximum absolute atomic E-state index is 9.19. The minimum atomic E-state index is 0.104. The first kappa shape index (κ1) is 12.9. The van der Waals surface area contributed by atoms with Gasteiger partial charge in [0, 0.05) is 6.07 Å². The van der Waals surface area contributed by atoms with Gasteiger partial charge in [0.15, 0.2) is 11.0 Å². The summed E-state index contributed by atoms with van der Waals surface area (Å²) in [4.78, 5) is 0. The molecule has 0 bridgehead atoms. The summed E-state index contributed by atoms with van der Waals surface area (Å²) in [6.07, 6.45) is 0. The SMILES string of the molecule is CCn1c(CN)[n+](CCO)c2ccc(OC)cc21. The Balaban J connectivity index is 2.73. The summed E-state index contributed by atoms with van der Waals surface area (Å²) in [6.45, 7) is 4.04. The van der Waals surface area contributed by atoms with E-state index in [1.807, 2.05) is 18.2 Å². The second-order valence-corrected chi connectivity index (χ2v) is 4.09. The van der Waals surface area contributed by atoms with Gasteiger partial charge < -0.3 is 15.6 Å². The number of aliphatic hydroxyl groups is 1. The number of fused-ring (bicyclic) bond motifs is 1. The monoisotopic (exact) mass is 250 g/mol. The first-order valence-electron chi connectivity index (χ1n) is 6.16. The van der Waals surface area contributed by atoms with E-state index < -0.39 is 0 Å². The van der Waals surface area contributed by atoms with E-state index in [2.05, 4.69) is 16.1 Å². The van der Waals surface area contributed by atoms with Crippen molar-refractivity contribution in [1.82, 2.24) is 4.57 Å². The molecule has 0 saturated heterocycles. The zero-order chi connectivity index (χ0) is 13.1. The van der Waals surface area contributed by atoms with E-state index in [4.69, 9.17) is 10.5 Å². The number of aromatic nitrogens is 2. The van der Waals surface area contributed by atoms with Crippen LogP contribution in [0.25, 0.3) is 11.0 Å². The van der Waals surface area contributed by atoms with Gasteiger partial charge in [-0.15, -0.1) is 0 Å². The Morgan fingerprint density at radius 3 is 2.78 bits per heavy atom. The molecule has 0 spiro atoms. The summed E-state index contributed by atoms with van der Waals surface area (Å²) in [5.41, 5.74) is 8.00. The Kier molecular flexibility index (Phi) is 3.84. The van der Waals surface area contributed by atoms with E-state index in [0.717, 1.165) is 29.2 Å². The minimum absolute atomic E-state index is 0.104. The highest BCUT2D eigenvalue weighted by atomic mass is 16.5. The van der Waals surface area contributed by atoms with Crippen molar-refractivity contribution in [3.63, 3.8) is 0 Å². The molecule has 98 valence electrons. The van der Waals surface area contributed by atoms with Crippen LogP contribution in [0.4, 0.5) is 0 Å². The van der Waals surface area contributed by atoms with Crippen molar-refractivity contribution in [2.45, 2.75) is 26.6 Å². The molecule has 5 nitrogen and oxygen atoms in total. The number of nitrogens with zero attached hydrogens (tertiary/aromatic N) is 2. The maximum Gasteiger partial charge on any atom is 0.271 e. The summed E-state index contributed by atoms with van der Waals surface area (Å²) in [7, 11) is 1.66. The number of hydrogen-bond donors (Lipinski definition) is 2. The summed E-state index contributed by atoms with van der Waals surface area (Å²) in [5, 5.41) is 9.19. The van der Waals surface area contributed by atoms with Gasteiger partial charge in [-0.3, -0.25) is 0 Å². The lowest BCUT2D eigenvalue weighted by Crippen LogP contribution is -2.40. The predicted octanol–water partition coefficient (Wildman–Crippen LogP) is 0.408. The summed E-state index contributed by atoms with van der Waals surface area (Å²) in [6, 6.07) is 5.94. The second-order valence-electron chi connectivity index (χ2n) is 4.09. The highest BCUT2D eigenvalue weighted by Gasteiger charge is 2.22. The first-order chi connectivity index (χ1) is 8.76. The molecular formula is C13H20N3O2+. The normalized spacial score (nSPS) is 11.1. The summed E-state index contributed by atoms with van der Waals surface area (Å²) < 4.78 is 9.49. The molecule has 0 fully saturated rings. The second kappa shape index (κ2) is 5.37. The lowest BCUT2D eigenvalue weighted by molar-refractivity contribution is -0.681. The number of rotatable bonds is 5. The van der Waals surface area contributed by atoms with Gasteiger partial charge in [-0.1, -0.05) is 0 Å². The van der Waals surface area contributed by atoms with Crippen molar-refractivity contribution in [3.8, 4) is 5.75 Å². The highest BCUT2D eigenvalue weighted by Crippen LogP contribution is 2.20.